The first-order chi connectivity index (χ1) is 9.81. The fourth-order valence-corrected chi connectivity index (χ4v) is 2.15. The number of nitrogens with one attached hydrogen (secondary N) is 1. The molecule has 0 aliphatic carbocycles. The summed E-state index contributed by atoms with van der Waals surface area (Å²) in [4.78, 5) is 19.4. The van der Waals surface area contributed by atoms with Crippen molar-refractivity contribution >= 4 is 16.8 Å². The van der Waals surface area contributed by atoms with Gasteiger partial charge in [-0.3, -0.25) is 0 Å². The molecule has 3 aromatic heterocycles. The highest BCUT2D eigenvalue weighted by Crippen LogP contribution is 2.13. The van der Waals surface area contributed by atoms with E-state index in [0.717, 1.165) is 5.56 Å². The van der Waals surface area contributed by atoms with Gasteiger partial charge in [-0.15, -0.1) is 9.73 Å². The van der Waals surface area contributed by atoms with E-state index in [2.05, 4.69) is 25.4 Å². The van der Waals surface area contributed by atoms with Crippen LogP contribution in [0.5, 0.6) is 0 Å². The van der Waals surface area contributed by atoms with Crippen molar-refractivity contribution in [1.29, 1.82) is 0 Å². The van der Waals surface area contributed by atoms with E-state index in [9.17, 15) is 4.79 Å². The van der Waals surface area contributed by atoms with Gasteiger partial charge in [0.2, 0.25) is 5.65 Å². The molecule has 1 aromatic carbocycles. The average Bonchev–Trinajstić information content (AvgIpc) is 3.02. The van der Waals surface area contributed by atoms with Crippen LogP contribution in [0.4, 0.5) is 0 Å². The Morgan fingerprint density at radius 2 is 2.00 bits per heavy atom. The zero-order valence-corrected chi connectivity index (χ0v) is 10.3. The highest BCUT2D eigenvalue weighted by atomic mass is 16.1. The van der Waals surface area contributed by atoms with Crippen molar-refractivity contribution in [2.45, 2.75) is 6.54 Å². The zero-order chi connectivity index (χ0) is 13.5. The molecule has 0 fully saturated rings. The first kappa shape index (κ1) is 10.9. The van der Waals surface area contributed by atoms with Gasteiger partial charge in [-0.2, -0.15) is 4.98 Å². The Bertz CT molecular complexity index is 950. The minimum absolute atomic E-state index is 0.381. The van der Waals surface area contributed by atoms with Crippen LogP contribution in [0, 0.1) is 0 Å². The van der Waals surface area contributed by atoms with Gasteiger partial charge in [-0.25, -0.2) is 14.9 Å². The normalized spacial score (nSPS) is 11.4. The van der Waals surface area contributed by atoms with Gasteiger partial charge in [-0.1, -0.05) is 30.3 Å². The molecule has 0 spiro atoms. The SMILES string of the molecule is O=c1nc2c3ncn(Cc4ccccc4)c3nnn2[nH]1. The van der Waals surface area contributed by atoms with Crippen molar-refractivity contribution in [1.82, 2.24) is 34.6 Å². The van der Waals surface area contributed by atoms with Gasteiger partial charge in [0.25, 0.3) is 0 Å². The van der Waals surface area contributed by atoms with E-state index in [0.29, 0.717) is 23.4 Å². The highest BCUT2D eigenvalue weighted by molar-refractivity contribution is 5.84. The van der Waals surface area contributed by atoms with E-state index >= 15 is 0 Å². The quantitative estimate of drug-likeness (QED) is 0.560. The summed E-state index contributed by atoms with van der Waals surface area (Å²) in [5, 5.41) is 10.4. The largest absolute Gasteiger partial charge is 0.363 e. The molecule has 3 heterocycles. The Morgan fingerprint density at radius 3 is 2.85 bits per heavy atom. The molecule has 20 heavy (non-hydrogen) atoms. The molecule has 1 N–H and O–H groups in total. The topological polar surface area (TPSA) is 93.8 Å². The lowest BCUT2D eigenvalue weighted by molar-refractivity contribution is 0.709. The van der Waals surface area contributed by atoms with Crippen molar-refractivity contribution in [3.05, 3.63) is 52.7 Å². The van der Waals surface area contributed by atoms with Crippen LogP contribution in [-0.4, -0.2) is 34.6 Å². The van der Waals surface area contributed by atoms with Crippen molar-refractivity contribution in [3.8, 4) is 0 Å². The Hall–Kier alpha value is -3.03. The lowest BCUT2D eigenvalue weighted by Crippen LogP contribution is -2.05. The van der Waals surface area contributed by atoms with Gasteiger partial charge in [0.15, 0.2) is 11.2 Å². The van der Waals surface area contributed by atoms with Gasteiger partial charge >= 0.3 is 5.69 Å². The van der Waals surface area contributed by atoms with Gasteiger partial charge in [0, 0.05) is 0 Å². The molecule has 0 amide bonds. The summed E-state index contributed by atoms with van der Waals surface area (Å²) in [7, 11) is 0. The summed E-state index contributed by atoms with van der Waals surface area (Å²) in [5.74, 6) is 0. The number of nitrogens with zero attached hydrogens (tertiary/aromatic N) is 6. The number of H-pyrrole nitrogens is 1. The van der Waals surface area contributed by atoms with E-state index < -0.39 is 5.69 Å². The second-order valence-electron chi connectivity index (χ2n) is 4.38. The van der Waals surface area contributed by atoms with E-state index in [1.54, 1.807) is 6.33 Å². The fourth-order valence-electron chi connectivity index (χ4n) is 2.15. The molecule has 0 aliphatic heterocycles. The maximum atomic E-state index is 11.2. The molecule has 0 atom stereocenters. The molecule has 0 saturated heterocycles. The lowest BCUT2D eigenvalue weighted by atomic mass is 10.2. The van der Waals surface area contributed by atoms with Crippen LogP contribution in [0.2, 0.25) is 0 Å². The maximum absolute atomic E-state index is 11.2. The van der Waals surface area contributed by atoms with Crippen molar-refractivity contribution in [2.75, 3.05) is 0 Å². The molecule has 4 aromatic rings. The van der Waals surface area contributed by atoms with Crippen LogP contribution in [0.25, 0.3) is 16.8 Å². The molecule has 0 saturated carbocycles. The number of fused-ring (bicyclic) bond motifs is 3. The first-order valence-electron chi connectivity index (χ1n) is 6.02. The van der Waals surface area contributed by atoms with Gasteiger partial charge < -0.3 is 4.57 Å². The van der Waals surface area contributed by atoms with Crippen LogP contribution in [0.1, 0.15) is 5.56 Å². The monoisotopic (exact) mass is 267 g/mol. The van der Waals surface area contributed by atoms with E-state index in [1.165, 1.54) is 4.63 Å². The molecule has 98 valence electrons. The number of hydrogen-bond donors (Lipinski definition) is 1. The number of imidazole rings is 1. The third-order valence-corrected chi connectivity index (χ3v) is 3.06. The summed E-state index contributed by atoms with van der Waals surface area (Å²) in [6.07, 6.45) is 1.67. The van der Waals surface area contributed by atoms with E-state index in [4.69, 9.17) is 0 Å². The number of hydrogen-bond acceptors (Lipinski definition) is 5. The number of benzene rings is 1. The summed E-state index contributed by atoms with van der Waals surface area (Å²) in [5.41, 5.74) is 2.19. The molecule has 4 rings (SSSR count). The number of aromatic amines is 1. The van der Waals surface area contributed by atoms with Crippen LogP contribution < -0.4 is 5.69 Å². The molecule has 0 unspecified atom stereocenters. The summed E-state index contributed by atoms with van der Waals surface area (Å²) in [6.45, 7) is 0.636. The zero-order valence-electron chi connectivity index (χ0n) is 10.3. The first-order valence-corrected chi connectivity index (χ1v) is 6.02. The highest BCUT2D eigenvalue weighted by Gasteiger charge is 2.12. The summed E-state index contributed by atoms with van der Waals surface area (Å²) < 4.78 is 3.10. The van der Waals surface area contributed by atoms with Crippen LogP contribution in [-0.2, 0) is 6.54 Å². The molecular formula is C12H9N7O. The smallest absolute Gasteiger partial charge is 0.309 e. The summed E-state index contributed by atoms with van der Waals surface area (Å²) in [6, 6.07) is 9.97. The maximum Gasteiger partial charge on any atom is 0.363 e. The third kappa shape index (κ3) is 1.58. The second kappa shape index (κ2) is 3.98. The fraction of sp³-hybridized carbons (Fsp3) is 0.0833. The predicted octanol–water partition coefficient (Wildman–Crippen LogP) is 0.211. The van der Waals surface area contributed by atoms with Gasteiger partial charge in [0.1, 0.15) is 0 Å². The molecule has 0 radical (unpaired) electrons. The standard InChI is InChI=1S/C12H9N7O/c20-12-14-10-9-11(15-17-19(10)16-12)18(7-13-9)6-8-4-2-1-3-5-8/h1-5,7H,6H2,(H,16,20). The average molecular weight is 267 g/mol. The van der Waals surface area contributed by atoms with E-state index in [1.807, 2.05) is 34.9 Å². The molecule has 0 aliphatic rings. The predicted molar refractivity (Wildman–Crippen MR) is 70.2 cm³/mol. The van der Waals surface area contributed by atoms with Crippen molar-refractivity contribution in [2.24, 2.45) is 0 Å². The van der Waals surface area contributed by atoms with Crippen LogP contribution in [0.3, 0.4) is 0 Å². The van der Waals surface area contributed by atoms with Crippen molar-refractivity contribution < 1.29 is 0 Å². The van der Waals surface area contributed by atoms with Crippen molar-refractivity contribution in [3.63, 3.8) is 0 Å². The Kier molecular flexibility index (Phi) is 2.16. The van der Waals surface area contributed by atoms with Crippen LogP contribution in [0.15, 0.2) is 41.5 Å². The summed E-state index contributed by atoms with van der Waals surface area (Å²) >= 11 is 0. The Labute approximate surface area is 111 Å². The molecular weight excluding hydrogens is 258 g/mol. The Balaban J connectivity index is 1.89. The Morgan fingerprint density at radius 1 is 1.15 bits per heavy atom. The van der Waals surface area contributed by atoms with Gasteiger partial charge in [-0.05, 0) is 10.8 Å². The lowest BCUT2D eigenvalue weighted by Gasteiger charge is -2.02. The van der Waals surface area contributed by atoms with E-state index in [-0.39, 0.29) is 0 Å². The molecule has 8 heteroatoms. The minimum Gasteiger partial charge on any atom is -0.309 e. The minimum atomic E-state index is -0.468. The van der Waals surface area contributed by atoms with Gasteiger partial charge in [0.05, 0.1) is 12.9 Å². The van der Waals surface area contributed by atoms with Crippen LogP contribution >= 0.6 is 0 Å². The second-order valence-corrected chi connectivity index (χ2v) is 4.38. The number of aromatic nitrogens is 7. The molecule has 0 bridgehead atoms. The molecule has 8 nitrogen and oxygen atoms in total. The number of rotatable bonds is 2. The third-order valence-electron chi connectivity index (χ3n) is 3.06.